The SMILES string of the molecule is C/C(=C/c1ccc(-c2ccc(N(c3ccccc3)c3ccccc3)cc2)cc1)c1cc(-c2ccccc2)ccc1-c1c(C)cc2oc3ccccc3c2c1-c1ccccc1. The van der Waals surface area contributed by atoms with Crippen molar-refractivity contribution in [1.82, 2.24) is 0 Å². The molecule has 0 atom stereocenters. The summed E-state index contributed by atoms with van der Waals surface area (Å²) in [6.07, 6.45) is 2.32. The van der Waals surface area contributed by atoms with Crippen LogP contribution in [0.4, 0.5) is 17.1 Å². The smallest absolute Gasteiger partial charge is 0.136 e. The fraction of sp³-hybridized carbons (Fsp3) is 0.0345. The fourth-order valence-corrected chi connectivity index (χ4v) is 8.66. The van der Waals surface area contributed by atoms with E-state index in [9.17, 15) is 0 Å². The van der Waals surface area contributed by atoms with Gasteiger partial charge >= 0.3 is 0 Å². The first-order valence-electron chi connectivity index (χ1n) is 20.6. The Labute approximate surface area is 352 Å². The van der Waals surface area contributed by atoms with E-state index in [1.807, 2.05) is 6.07 Å². The van der Waals surface area contributed by atoms with Crippen molar-refractivity contribution in [2.75, 3.05) is 4.90 Å². The zero-order valence-electron chi connectivity index (χ0n) is 33.7. The summed E-state index contributed by atoms with van der Waals surface area (Å²) in [4.78, 5) is 2.29. The molecule has 1 heterocycles. The molecule has 0 spiro atoms. The van der Waals surface area contributed by atoms with Crippen LogP contribution in [-0.4, -0.2) is 0 Å². The van der Waals surface area contributed by atoms with Crippen molar-refractivity contribution >= 4 is 50.6 Å². The Hall–Kier alpha value is -7.68. The summed E-state index contributed by atoms with van der Waals surface area (Å²) in [6, 6.07) is 77.9. The lowest BCUT2D eigenvalue weighted by Crippen LogP contribution is -2.09. The number of hydrogen-bond acceptors (Lipinski definition) is 2. The molecule has 0 aliphatic rings. The van der Waals surface area contributed by atoms with Gasteiger partial charge in [0.05, 0.1) is 0 Å². The molecule has 0 aliphatic heterocycles. The van der Waals surface area contributed by atoms with Crippen molar-refractivity contribution in [3.05, 3.63) is 235 Å². The molecule has 2 heteroatoms. The van der Waals surface area contributed by atoms with E-state index in [2.05, 4.69) is 237 Å². The minimum absolute atomic E-state index is 0.901. The van der Waals surface area contributed by atoms with Crippen LogP contribution in [-0.2, 0) is 0 Å². The third kappa shape index (κ3) is 6.99. The van der Waals surface area contributed by atoms with Gasteiger partial charge in [-0.15, -0.1) is 0 Å². The van der Waals surface area contributed by atoms with Crippen molar-refractivity contribution in [3.63, 3.8) is 0 Å². The molecule has 0 unspecified atom stereocenters. The minimum Gasteiger partial charge on any atom is -0.456 e. The van der Waals surface area contributed by atoms with E-state index in [0.29, 0.717) is 0 Å². The van der Waals surface area contributed by atoms with Crippen molar-refractivity contribution in [1.29, 1.82) is 0 Å². The Morgan fingerprint density at radius 1 is 0.433 bits per heavy atom. The lowest BCUT2D eigenvalue weighted by Gasteiger charge is -2.25. The van der Waals surface area contributed by atoms with Gasteiger partial charge < -0.3 is 9.32 Å². The Balaban J connectivity index is 1.05. The summed E-state index contributed by atoms with van der Waals surface area (Å²) < 4.78 is 6.50. The van der Waals surface area contributed by atoms with E-state index < -0.39 is 0 Å². The van der Waals surface area contributed by atoms with Crippen LogP contribution in [0.2, 0.25) is 0 Å². The molecule has 10 aromatic rings. The number of nitrogens with zero attached hydrogens (tertiary/aromatic N) is 1. The number of fused-ring (bicyclic) bond motifs is 3. The monoisotopic (exact) mass is 769 g/mol. The molecule has 0 aliphatic carbocycles. The summed E-state index contributed by atoms with van der Waals surface area (Å²) in [6.45, 7) is 4.46. The maximum atomic E-state index is 6.50. The van der Waals surface area contributed by atoms with E-state index in [0.717, 1.165) is 44.6 Å². The summed E-state index contributed by atoms with van der Waals surface area (Å²) in [5.74, 6) is 0. The zero-order chi connectivity index (χ0) is 40.4. The molecule has 0 fully saturated rings. The molecule has 0 saturated heterocycles. The van der Waals surface area contributed by atoms with Crippen LogP contribution in [0, 0.1) is 6.92 Å². The molecule has 1 aromatic heterocycles. The van der Waals surface area contributed by atoms with Crippen LogP contribution < -0.4 is 4.90 Å². The Kier molecular flexibility index (Phi) is 9.73. The van der Waals surface area contributed by atoms with E-state index in [1.165, 1.54) is 61.2 Å². The molecule has 0 amide bonds. The van der Waals surface area contributed by atoms with Crippen LogP contribution >= 0.6 is 0 Å². The van der Waals surface area contributed by atoms with Crippen molar-refractivity contribution in [2.24, 2.45) is 0 Å². The molecular formula is C58H43NO. The topological polar surface area (TPSA) is 16.4 Å². The fourth-order valence-electron chi connectivity index (χ4n) is 8.66. The highest BCUT2D eigenvalue weighted by molar-refractivity contribution is 6.17. The third-order valence-corrected chi connectivity index (χ3v) is 11.5. The van der Waals surface area contributed by atoms with E-state index in [4.69, 9.17) is 4.42 Å². The molecule has 10 rings (SSSR count). The molecule has 0 bridgehead atoms. The summed E-state index contributed by atoms with van der Waals surface area (Å²) >= 11 is 0. The second-order valence-electron chi connectivity index (χ2n) is 15.4. The van der Waals surface area contributed by atoms with Crippen LogP contribution in [0.3, 0.4) is 0 Å². The number of furan rings is 1. The highest BCUT2D eigenvalue weighted by atomic mass is 16.3. The standard InChI is InChI=1S/C58H43NO/c1-40(37-42-27-29-44(30-28-42)45-31-34-50(35-32-45)59(48-21-11-5-12-22-48)49-23-13-6-14-24-49)53-39-47(43-17-7-3-8-18-43)33-36-51(53)56-41(2)38-55-58(52-25-15-16-26-54(52)60-55)57(56)46-19-9-4-10-20-46/h3-39H,1-2H3/b40-37-. The average molecular weight is 770 g/mol. The van der Waals surface area contributed by atoms with Gasteiger partial charge in [0.1, 0.15) is 11.2 Å². The number of para-hydroxylation sites is 3. The average Bonchev–Trinajstić information content (AvgIpc) is 3.68. The van der Waals surface area contributed by atoms with E-state index in [1.54, 1.807) is 0 Å². The predicted molar refractivity (Wildman–Crippen MR) is 255 cm³/mol. The van der Waals surface area contributed by atoms with Crippen LogP contribution in [0.15, 0.2) is 223 Å². The number of allylic oxidation sites excluding steroid dienone is 1. The molecule has 0 N–H and O–H groups in total. The van der Waals surface area contributed by atoms with Gasteiger partial charge in [-0.3, -0.25) is 0 Å². The molecule has 0 radical (unpaired) electrons. The van der Waals surface area contributed by atoms with Gasteiger partial charge in [0.25, 0.3) is 0 Å². The number of benzene rings is 9. The summed E-state index contributed by atoms with van der Waals surface area (Å²) in [7, 11) is 0. The first-order chi connectivity index (χ1) is 29.6. The third-order valence-electron chi connectivity index (χ3n) is 11.5. The molecule has 2 nitrogen and oxygen atoms in total. The highest BCUT2D eigenvalue weighted by Crippen LogP contribution is 2.47. The van der Waals surface area contributed by atoms with Gasteiger partial charge in [0.15, 0.2) is 0 Å². The van der Waals surface area contributed by atoms with Gasteiger partial charge in [-0.2, -0.15) is 0 Å². The Bertz CT molecular complexity index is 3070. The normalized spacial score (nSPS) is 11.6. The Morgan fingerprint density at radius 2 is 0.933 bits per heavy atom. The molecule has 286 valence electrons. The van der Waals surface area contributed by atoms with Gasteiger partial charge in [0.2, 0.25) is 0 Å². The lowest BCUT2D eigenvalue weighted by molar-refractivity contribution is 0.668. The number of aryl methyl sites for hydroxylation is 1. The van der Waals surface area contributed by atoms with Crippen LogP contribution in [0.1, 0.15) is 23.6 Å². The number of hydrogen-bond donors (Lipinski definition) is 0. The first kappa shape index (κ1) is 36.6. The van der Waals surface area contributed by atoms with Gasteiger partial charge in [-0.25, -0.2) is 0 Å². The van der Waals surface area contributed by atoms with Crippen LogP contribution in [0.5, 0.6) is 0 Å². The van der Waals surface area contributed by atoms with Crippen LogP contribution in [0.25, 0.3) is 78.1 Å². The van der Waals surface area contributed by atoms with Crippen molar-refractivity contribution in [3.8, 4) is 44.5 Å². The molecule has 9 aromatic carbocycles. The highest BCUT2D eigenvalue weighted by Gasteiger charge is 2.22. The predicted octanol–water partition coefficient (Wildman–Crippen LogP) is 16.6. The van der Waals surface area contributed by atoms with Gasteiger partial charge in [0, 0.05) is 33.4 Å². The maximum absolute atomic E-state index is 6.50. The van der Waals surface area contributed by atoms with Crippen molar-refractivity contribution < 1.29 is 4.42 Å². The summed E-state index contributed by atoms with van der Waals surface area (Å²) in [5.41, 5.74) is 19.4. The van der Waals surface area contributed by atoms with E-state index >= 15 is 0 Å². The second kappa shape index (κ2) is 15.9. The molecular weight excluding hydrogens is 727 g/mol. The lowest BCUT2D eigenvalue weighted by atomic mass is 9.83. The number of rotatable bonds is 9. The minimum atomic E-state index is 0.901. The second-order valence-corrected chi connectivity index (χ2v) is 15.4. The maximum Gasteiger partial charge on any atom is 0.136 e. The Morgan fingerprint density at radius 3 is 1.57 bits per heavy atom. The van der Waals surface area contributed by atoms with E-state index in [-0.39, 0.29) is 0 Å². The van der Waals surface area contributed by atoms with Crippen molar-refractivity contribution in [2.45, 2.75) is 13.8 Å². The van der Waals surface area contributed by atoms with Gasteiger partial charge in [-0.1, -0.05) is 170 Å². The largest absolute Gasteiger partial charge is 0.456 e. The quantitative estimate of drug-likeness (QED) is 0.136. The molecule has 0 saturated carbocycles. The summed E-state index contributed by atoms with van der Waals surface area (Å²) in [5, 5.41) is 2.27. The number of anilines is 3. The van der Waals surface area contributed by atoms with Gasteiger partial charge in [-0.05, 0) is 130 Å². The molecule has 60 heavy (non-hydrogen) atoms. The zero-order valence-corrected chi connectivity index (χ0v) is 33.7. The first-order valence-corrected chi connectivity index (χ1v) is 20.6.